The molecule has 124 valence electrons. The number of thioether (sulfide) groups is 1. The van der Waals surface area contributed by atoms with E-state index in [1.165, 1.54) is 0 Å². The summed E-state index contributed by atoms with van der Waals surface area (Å²) in [4.78, 5) is 25.4. The molecule has 0 aliphatic heterocycles. The van der Waals surface area contributed by atoms with Crippen molar-refractivity contribution in [3.63, 3.8) is 0 Å². The zero-order chi connectivity index (χ0) is 17.4. The third kappa shape index (κ3) is 5.72. The van der Waals surface area contributed by atoms with Crippen LogP contribution in [0.5, 0.6) is 0 Å². The first-order valence-corrected chi connectivity index (χ1v) is 8.92. The van der Waals surface area contributed by atoms with E-state index >= 15 is 0 Å². The zero-order valence-electron chi connectivity index (χ0n) is 13.1. The van der Waals surface area contributed by atoms with Gasteiger partial charge in [-0.25, -0.2) is 0 Å². The van der Waals surface area contributed by atoms with Crippen molar-refractivity contribution in [1.82, 2.24) is 0 Å². The molecule has 0 fully saturated rings. The van der Waals surface area contributed by atoms with Gasteiger partial charge in [0.25, 0.3) is 5.91 Å². The summed E-state index contributed by atoms with van der Waals surface area (Å²) in [7, 11) is 0. The molecule has 5 nitrogen and oxygen atoms in total. The second-order valence-corrected chi connectivity index (χ2v) is 6.85. The van der Waals surface area contributed by atoms with Crippen LogP contribution < -0.4 is 5.32 Å². The first-order chi connectivity index (χ1) is 11.6. The number of ether oxygens (including phenoxy) is 1. The van der Waals surface area contributed by atoms with Gasteiger partial charge in [0.15, 0.2) is 6.61 Å². The molecule has 7 heteroatoms. The van der Waals surface area contributed by atoms with Crippen LogP contribution in [0.2, 0.25) is 0 Å². The molecule has 0 unspecified atom stereocenters. The Morgan fingerprint density at radius 1 is 1.38 bits per heavy atom. The summed E-state index contributed by atoms with van der Waals surface area (Å²) < 4.78 is 4.98. The Balaban J connectivity index is 1.76. The van der Waals surface area contributed by atoms with Gasteiger partial charge in [-0.2, -0.15) is 5.26 Å². The maximum absolute atomic E-state index is 11.9. The number of hydrogen-bond donors (Lipinski definition) is 1. The fourth-order valence-electron chi connectivity index (χ4n) is 1.98. The van der Waals surface area contributed by atoms with Crippen LogP contribution in [-0.2, 0) is 20.7 Å². The number of anilines is 1. The molecule has 2 rings (SSSR count). The Bertz CT molecular complexity index is 752. The summed E-state index contributed by atoms with van der Waals surface area (Å²) in [6.45, 7) is 1.53. The van der Waals surface area contributed by atoms with E-state index < -0.39 is 5.97 Å². The maximum Gasteiger partial charge on any atom is 0.306 e. The smallest absolute Gasteiger partial charge is 0.306 e. The maximum atomic E-state index is 11.9. The van der Waals surface area contributed by atoms with Crippen molar-refractivity contribution in [2.75, 3.05) is 11.9 Å². The topological polar surface area (TPSA) is 79.2 Å². The number of thiocyanates is 1. The summed E-state index contributed by atoms with van der Waals surface area (Å²) in [5, 5.41) is 15.3. The molecule has 2 aromatic rings. The molecular weight excluding hydrogens is 344 g/mol. The predicted molar refractivity (Wildman–Crippen MR) is 94.9 cm³/mol. The van der Waals surface area contributed by atoms with Gasteiger partial charge in [0.1, 0.15) is 5.40 Å². The highest BCUT2D eigenvalue weighted by molar-refractivity contribution is 8.03. The highest BCUT2D eigenvalue weighted by atomic mass is 32.2. The normalized spacial score (nSPS) is 10.0. The van der Waals surface area contributed by atoms with Gasteiger partial charge in [0, 0.05) is 15.5 Å². The van der Waals surface area contributed by atoms with Crippen molar-refractivity contribution in [2.45, 2.75) is 24.7 Å². The predicted octanol–water partition coefficient (Wildman–Crippen LogP) is 3.74. The summed E-state index contributed by atoms with van der Waals surface area (Å²) in [5.74, 6) is -0.778. The van der Waals surface area contributed by atoms with Crippen molar-refractivity contribution in [3.05, 3.63) is 46.2 Å². The number of carbonyl (C=O) groups is 2. The number of nitrogens with zero attached hydrogens (tertiary/aromatic N) is 1. The molecule has 1 aromatic carbocycles. The van der Waals surface area contributed by atoms with Crippen LogP contribution in [0.1, 0.15) is 16.9 Å². The molecule has 0 saturated carbocycles. The van der Waals surface area contributed by atoms with Gasteiger partial charge >= 0.3 is 5.97 Å². The molecule has 0 radical (unpaired) electrons. The fraction of sp³-hybridized carbons (Fsp3) is 0.235. The van der Waals surface area contributed by atoms with Crippen molar-refractivity contribution in [2.24, 2.45) is 0 Å². The molecule has 0 aliphatic carbocycles. The Hall–Kier alpha value is -2.30. The SMILES string of the molecule is Cc1cc(SC#N)ccc1NC(=O)COC(=O)CCc1cccs1. The van der Waals surface area contributed by atoms with Gasteiger partial charge in [0.05, 0.1) is 6.42 Å². The largest absolute Gasteiger partial charge is 0.456 e. The molecule has 0 spiro atoms. The van der Waals surface area contributed by atoms with E-state index in [1.807, 2.05) is 35.9 Å². The molecular formula is C17H16N2O3S2. The van der Waals surface area contributed by atoms with E-state index in [9.17, 15) is 9.59 Å². The van der Waals surface area contributed by atoms with E-state index in [2.05, 4.69) is 5.32 Å². The molecule has 0 bridgehead atoms. The number of rotatable bonds is 7. The Kier molecular flexibility index (Phi) is 6.85. The third-order valence-electron chi connectivity index (χ3n) is 3.16. The lowest BCUT2D eigenvalue weighted by Gasteiger charge is -2.09. The number of nitriles is 1. The number of benzene rings is 1. The van der Waals surface area contributed by atoms with Gasteiger partial charge in [-0.1, -0.05) is 6.07 Å². The minimum absolute atomic E-state index is 0.257. The van der Waals surface area contributed by atoms with Gasteiger partial charge in [-0.3, -0.25) is 9.59 Å². The average Bonchev–Trinajstić information content (AvgIpc) is 3.07. The number of amides is 1. The van der Waals surface area contributed by atoms with Gasteiger partial charge in [-0.05, 0) is 60.3 Å². The van der Waals surface area contributed by atoms with E-state index in [0.717, 1.165) is 27.1 Å². The third-order valence-corrected chi connectivity index (χ3v) is 4.67. The number of carbonyl (C=O) groups excluding carboxylic acids is 2. The number of nitrogens with one attached hydrogen (secondary N) is 1. The van der Waals surface area contributed by atoms with Crippen LogP contribution in [0.3, 0.4) is 0 Å². The number of thiophene rings is 1. The van der Waals surface area contributed by atoms with Gasteiger partial charge in [0.2, 0.25) is 0 Å². The highest BCUT2D eigenvalue weighted by Gasteiger charge is 2.10. The lowest BCUT2D eigenvalue weighted by atomic mass is 10.2. The van der Waals surface area contributed by atoms with E-state index in [1.54, 1.807) is 23.5 Å². The van der Waals surface area contributed by atoms with E-state index in [0.29, 0.717) is 12.1 Å². The number of esters is 1. The van der Waals surface area contributed by atoms with Crippen LogP contribution in [0.4, 0.5) is 5.69 Å². The molecule has 0 atom stereocenters. The second-order valence-electron chi connectivity index (χ2n) is 4.96. The fourth-order valence-corrected chi connectivity index (χ4v) is 3.16. The van der Waals surface area contributed by atoms with Crippen molar-refractivity contribution in [3.8, 4) is 5.40 Å². The molecule has 1 N–H and O–H groups in total. The zero-order valence-corrected chi connectivity index (χ0v) is 14.7. The molecule has 1 aromatic heterocycles. The van der Waals surface area contributed by atoms with Crippen molar-refractivity contribution in [1.29, 1.82) is 5.26 Å². The van der Waals surface area contributed by atoms with Gasteiger partial charge < -0.3 is 10.1 Å². The Morgan fingerprint density at radius 3 is 2.88 bits per heavy atom. The van der Waals surface area contributed by atoms with Crippen LogP contribution >= 0.6 is 23.1 Å². The molecule has 24 heavy (non-hydrogen) atoms. The number of aryl methyl sites for hydroxylation is 2. The van der Waals surface area contributed by atoms with Crippen LogP contribution in [0.25, 0.3) is 0 Å². The molecule has 0 aliphatic rings. The quantitative estimate of drug-likeness (QED) is 0.462. The van der Waals surface area contributed by atoms with Crippen LogP contribution in [-0.4, -0.2) is 18.5 Å². The lowest BCUT2D eigenvalue weighted by Crippen LogP contribution is -2.21. The highest BCUT2D eigenvalue weighted by Crippen LogP contribution is 2.23. The average molecular weight is 360 g/mol. The van der Waals surface area contributed by atoms with Crippen molar-refractivity contribution < 1.29 is 14.3 Å². The summed E-state index contributed by atoms with van der Waals surface area (Å²) in [6.07, 6.45) is 0.877. The first-order valence-electron chi connectivity index (χ1n) is 7.23. The Morgan fingerprint density at radius 2 is 2.21 bits per heavy atom. The van der Waals surface area contributed by atoms with Crippen molar-refractivity contribution >= 4 is 40.7 Å². The van der Waals surface area contributed by atoms with E-state index in [4.69, 9.17) is 10.00 Å². The van der Waals surface area contributed by atoms with Crippen LogP contribution in [0.15, 0.2) is 40.6 Å². The number of hydrogen-bond acceptors (Lipinski definition) is 6. The summed E-state index contributed by atoms with van der Waals surface area (Å²) >= 11 is 2.65. The lowest BCUT2D eigenvalue weighted by molar-refractivity contribution is -0.147. The first kappa shape index (κ1) is 18.0. The molecule has 0 saturated heterocycles. The van der Waals surface area contributed by atoms with Gasteiger partial charge in [-0.15, -0.1) is 11.3 Å². The summed E-state index contributed by atoms with van der Waals surface area (Å²) in [5.41, 5.74) is 1.48. The Labute approximate surface area is 148 Å². The second kappa shape index (κ2) is 9.11. The molecule has 1 amide bonds. The van der Waals surface area contributed by atoms with E-state index in [-0.39, 0.29) is 18.9 Å². The standard InChI is InChI=1S/C17H16N2O3S2/c1-12-9-14(24-11-18)4-6-15(12)19-16(20)10-22-17(21)7-5-13-3-2-8-23-13/h2-4,6,8-9H,5,7,10H2,1H3,(H,19,20). The minimum Gasteiger partial charge on any atom is -0.456 e. The molecule has 1 heterocycles. The summed E-state index contributed by atoms with van der Waals surface area (Å²) in [6, 6.07) is 9.19. The van der Waals surface area contributed by atoms with Crippen LogP contribution in [0, 0.1) is 17.6 Å². The minimum atomic E-state index is -0.393. The monoisotopic (exact) mass is 360 g/mol.